The van der Waals surface area contributed by atoms with Gasteiger partial charge in [-0.1, -0.05) is 24.3 Å². The van der Waals surface area contributed by atoms with Crippen LogP contribution in [0.5, 0.6) is 0 Å². The summed E-state index contributed by atoms with van der Waals surface area (Å²) in [6, 6.07) is 12.7. The van der Waals surface area contributed by atoms with Gasteiger partial charge in [0, 0.05) is 54.4 Å². The zero-order valence-electron chi connectivity index (χ0n) is 15.4. The SMILES string of the molecule is CNc1ccc(C(=O)N2CC=C(c3c[nH]c4ccccc34)CC2)cc1[N+](=O)[O-]. The number of hydrogen-bond acceptors (Lipinski definition) is 4. The monoisotopic (exact) mass is 376 g/mol. The van der Waals surface area contributed by atoms with Crippen molar-refractivity contribution in [3.8, 4) is 0 Å². The van der Waals surface area contributed by atoms with Crippen LogP contribution < -0.4 is 5.32 Å². The third kappa shape index (κ3) is 3.11. The van der Waals surface area contributed by atoms with Crippen LogP contribution in [0, 0.1) is 10.1 Å². The first-order valence-electron chi connectivity index (χ1n) is 9.09. The van der Waals surface area contributed by atoms with Crippen molar-refractivity contribution < 1.29 is 9.72 Å². The van der Waals surface area contributed by atoms with E-state index in [-0.39, 0.29) is 11.6 Å². The summed E-state index contributed by atoms with van der Waals surface area (Å²) in [5.41, 5.74) is 4.08. The minimum Gasteiger partial charge on any atom is -0.383 e. The predicted octanol–water partition coefficient (Wildman–Crippen LogP) is 4.05. The minimum absolute atomic E-state index is 0.0969. The molecule has 1 aliphatic heterocycles. The fourth-order valence-electron chi connectivity index (χ4n) is 3.65. The number of nitrogens with zero attached hydrogens (tertiary/aromatic N) is 2. The highest BCUT2D eigenvalue weighted by Gasteiger charge is 2.23. The number of benzene rings is 2. The second-order valence-electron chi connectivity index (χ2n) is 6.72. The van der Waals surface area contributed by atoms with Gasteiger partial charge in [-0.3, -0.25) is 14.9 Å². The molecular formula is C21H20N4O3. The van der Waals surface area contributed by atoms with Crippen molar-refractivity contribution in [3.05, 3.63) is 76.0 Å². The molecule has 1 aliphatic rings. The van der Waals surface area contributed by atoms with Crippen molar-refractivity contribution in [1.82, 2.24) is 9.88 Å². The van der Waals surface area contributed by atoms with E-state index >= 15 is 0 Å². The Morgan fingerprint density at radius 2 is 2.07 bits per heavy atom. The number of nitro benzene ring substituents is 1. The van der Waals surface area contributed by atoms with Crippen LogP contribution in [0.4, 0.5) is 11.4 Å². The number of carbonyl (C=O) groups is 1. The topological polar surface area (TPSA) is 91.3 Å². The van der Waals surface area contributed by atoms with Gasteiger partial charge in [0.05, 0.1) is 4.92 Å². The first-order valence-corrected chi connectivity index (χ1v) is 9.09. The van der Waals surface area contributed by atoms with Gasteiger partial charge < -0.3 is 15.2 Å². The number of aromatic nitrogens is 1. The van der Waals surface area contributed by atoms with Gasteiger partial charge in [-0.2, -0.15) is 0 Å². The molecule has 0 unspecified atom stereocenters. The van der Waals surface area contributed by atoms with Crippen molar-refractivity contribution in [2.75, 3.05) is 25.5 Å². The zero-order chi connectivity index (χ0) is 19.7. The standard InChI is InChI=1S/C21H20N4O3/c1-22-19-7-6-15(12-20(19)25(27)28)21(26)24-10-8-14(9-11-24)17-13-23-18-5-3-2-4-16(17)18/h2-8,12-13,22-23H,9-11H2,1H3. The van der Waals surface area contributed by atoms with Crippen LogP contribution in [0.2, 0.25) is 0 Å². The molecule has 0 radical (unpaired) electrons. The van der Waals surface area contributed by atoms with Crippen molar-refractivity contribution in [1.29, 1.82) is 0 Å². The first-order chi connectivity index (χ1) is 13.6. The third-order valence-corrected chi connectivity index (χ3v) is 5.14. The second-order valence-corrected chi connectivity index (χ2v) is 6.72. The van der Waals surface area contributed by atoms with Crippen LogP contribution in [0.3, 0.4) is 0 Å². The Morgan fingerprint density at radius 3 is 2.79 bits per heavy atom. The summed E-state index contributed by atoms with van der Waals surface area (Å²) in [4.78, 5) is 28.6. The lowest BCUT2D eigenvalue weighted by molar-refractivity contribution is -0.384. The number of rotatable bonds is 4. The van der Waals surface area contributed by atoms with E-state index in [9.17, 15) is 14.9 Å². The summed E-state index contributed by atoms with van der Waals surface area (Å²) in [7, 11) is 1.62. The summed E-state index contributed by atoms with van der Waals surface area (Å²) in [5, 5.41) is 15.2. The molecule has 0 aliphatic carbocycles. The number of para-hydroxylation sites is 1. The normalized spacial score (nSPS) is 14.0. The van der Waals surface area contributed by atoms with Crippen molar-refractivity contribution in [2.45, 2.75) is 6.42 Å². The minimum atomic E-state index is -0.478. The van der Waals surface area contributed by atoms with Gasteiger partial charge in [-0.25, -0.2) is 0 Å². The molecule has 1 aromatic heterocycles. The van der Waals surface area contributed by atoms with Crippen molar-refractivity contribution in [3.63, 3.8) is 0 Å². The number of fused-ring (bicyclic) bond motifs is 1. The fraction of sp³-hybridized carbons (Fsp3) is 0.190. The Bertz CT molecular complexity index is 1100. The number of anilines is 1. The van der Waals surface area contributed by atoms with Gasteiger partial charge >= 0.3 is 0 Å². The molecule has 142 valence electrons. The Hall–Kier alpha value is -3.61. The molecule has 7 heteroatoms. The van der Waals surface area contributed by atoms with Crippen LogP contribution >= 0.6 is 0 Å². The molecular weight excluding hydrogens is 356 g/mol. The smallest absolute Gasteiger partial charge is 0.293 e. The number of aromatic amines is 1. The molecule has 2 aromatic carbocycles. The summed E-state index contributed by atoms with van der Waals surface area (Å²) in [5.74, 6) is -0.194. The van der Waals surface area contributed by atoms with Crippen LogP contribution in [-0.4, -0.2) is 40.9 Å². The van der Waals surface area contributed by atoms with E-state index in [0.717, 1.165) is 17.5 Å². The summed E-state index contributed by atoms with van der Waals surface area (Å²) >= 11 is 0. The predicted molar refractivity (Wildman–Crippen MR) is 109 cm³/mol. The van der Waals surface area contributed by atoms with Gasteiger partial charge in [0.15, 0.2) is 0 Å². The maximum Gasteiger partial charge on any atom is 0.293 e. The molecule has 0 spiro atoms. The Kier molecular flexibility index (Phi) is 4.57. The number of nitro groups is 1. The molecule has 7 nitrogen and oxygen atoms in total. The molecule has 0 atom stereocenters. The Balaban J connectivity index is 1.55. The number of amides is 1. The molecule has 28 heavy (non-hydrogen) atoms. The van der Waals surface area contributed by atoms with Crippen molar-refractivity contribution in [2.24, 2.45) is 0 Å². The largest absolute Gasteiger partial charge is 0.383 e. The molecule has 4 rings (SSSR count). The van der Waals surface area contributed by atoms with E-state index in [4.69, 9.17) is 0 Å². The van der Waals surface area contributed by atoms with E-state index in [1.807, 2.05) is 24.4 Å². The molecule has 3 aromatic rings. The molecule has 1 amide bonds. The summed E-state index contributed by atoms with van der Waals surface area (Å²) < 4.78 is 0. The third-order valence-electron chi connectivity index (χ3n) is 5.14. The number of carbonyl (C=O) groups excluding carboxylic acids is 1. The average molecular weight is 376 g/mol. The highest BCUT2D eigenvalue weighted by molar-refractivity contribution is 5.97. The van der Waals surface area contributed by atoms with Crippen LogP contribution in [0.15, 0.2) is 54.7 Å². The van der Waals surface area contributed by atoms with Crippen LogP contribution in [0.1, 0.15) is 22.3 Å². The molecule has 0 saturated carbocycles. The molecule has 0 saturated heterocycles. The number of H-pyrrole nitrogens is 1. The number of hydrogen-bond donors (Lipinski definition) is 2. The summed E-state index contributed by atoms with van der Waals surface area (Å²) in [6.45, 7) is 1.06. The fourth-order valence-corrected chi connectivity index (χ4v) is 3.65. The lowest BCUT2D eigenvalue weighted by atomic mass is 9.98. The molecule has 2 N–H and O–H groups in total. The van der Waals surface area contributed by atoms with Gasteiger partial charge in [-0.15, -0.1) is 0 Å². The van der Waals surface area contributed by atoms with E-state index in [0.29, 0.717) is 24.3 Å². The highest BCUT2D eigenvalue weighted by atomic mass is 16.6. The highest BCUT2D eigenvalue weighted by Crippen LogP contribution is 2.30. The number of nitrogens with one attached hydrogen (secondary N) is 2. The molecule has 0 bridgehead atoms. The van der Waals surface area contributed by atoms with Gasteiger partial charge in [-0.05, 0) is 30.2 Å². The van der Waals surface area contributed by atoms with Gasteiger partial charge in [0.2, 0.25) is 0 Å². The van der Waals surface area contributed by atoms with E-state index in [1.54, 1.807) is 24.1 Å². The molecule has 2 heterocycles. The molecule has 0 fully saturated rings. The van der Waals surface area contributed by atoms with E-state index < -0.39 is 4.92 Å². The quantitative estimate of drug-likeness (QED) is 0.531. The summed E-state index contributed by atoms with van der Waals surface area (Å²) in [6.07, 6.45) is 4.81. The first kappa shape index (κ1) is 17.8. The zero-order valence-corrected chi connectivity index (χ0v) is 15.4. The van der Waals surface area contributed by atoms with E-state index in [2.05, 4.69) is 22.4 Å². The Morgan fingerprint density at radius 1 is 1.25 bits per heavy atom. The lowest BCUT2D eigenvalue weighted by Gasteiger charge is -2.26. The lowest BCUT2D eigenvalue weighted by Crippen LogP contribution is -2.34. The van der Waals surface area contributed by atoms with E-state index in [1.165, 1.54) is 17.0 Å². The van der Waals surface area contributed by atoms with Gasteiger partial charge in [0.1, 0.15) is 5.69 Å². The van der Waals surface area contributed by atoms with Gasteiger partial charge in [0.25, 0.3) is 11.6 Å². The van der Waals surface area contributed by atoms with Crippen LogP contribution in [-0.2, 0) is 0 Å². The maximum atomic E-state index is 12.8. The van der Waals surface area contributed by atoms with Crippen molar-refractivity contribution >= 4 is 33.8 Å². The maximum absolute atomic E-state index is 12.8. The Labute approximate surface area is 161 Å². The van der Waals surface area contributed by atoms with Crippen LogP contribution in [0.25, 0.3) is 16.5 Å². The average Bonchev–Trinajstić information content (AvgIpc) is 3.17. The second kappa shape index (κ2) is 7.19.